The van der Waals surface area contributed by atoms with Crippen molar-refractivity contribution in [3.8, 4) is 0 Å². The van der Waals surface area contributed by atoms with Crippen molar-refractivity contribution in [3.63, 3.8) is 0 Å². The highest BCUT2D eigenvalue weighted by molar-refractivity contribution is 7.92. The molecular formula is C20H22FN3O6S2. The summed E-state index contributed by atoms with van der Waals surface area (Å²) in [5.74, 6) is -1.46. The molecule has 1 N–H and O–H groups in total. The first kappa shape index (κ1) is 23.8. The maximum absolute atomic E-state index is 13.2. The van der Waals surface area contributed by atoms with Crippen molar-refractivity contribution < 1.29 is 32.0 Å². The van der Waals surface area contributed by atoms with Gasteiger partial charge < -0.3 is 9.57 Å². The smallest absolute Gasteiger partial charge is 0.347 e. The Morgan fingerprint density at radius 1 is 1.25 bits per heavy atom. The average Bonchev–Trinajstić information content (AvgIpc) is 3.48. The number of nitrogens with zero attached hydrogens (tertiary/aromatic N) is 2. The largest absolute Gasteiger partial charge is 0.457 e. The normalized spacial score (nSPS) is 14.7. The maximum atomic E-state index is 13.2. The monoisotopic (exact) mass is 483 g/mol. The van der Waals surface area contributed by atoms with Gasteiger partial charge in [0.1, 0.15) is 5.60 Å². The number of aromatic nitrogens is 1. The molecule has 32 heavy (non-hydrogen) atoms. The molecule has 1 aliphatic carbocycles. The quantitative estimate of drug-likeness (QED) is 0.348. The SMILES string of the molecule is CC(C)(C)OC(=O)CO/N=C(/C(=O)Nc1ncc(F)s1)c1ccc(S(=O)(=O)C2CC2)cc1. The highest BCUT2D eigenvalue weighted by atomic mass is 32.2. The van der Waals surface area contributed by atoms with Crippen molar-refractivity contribution in [2.45, 2.75) is 49.4 Å². The predicted molar refractivity (Wildman–Crippen MR) is 116 cm³/mol. The lowest BCUT2D eigenvalue weighted by Crippen LogP contribution is -2.27. The van der Waals surface area contributed by atoms with Gasteiger partial charge in [-0.15, -0.1) is 0 Å². The minimum absolute atomic E-state index is 0.000253. The second kappa shape index (κ2) is 9.33. The van der Waals surface area contributed by atoms with Crippen LogP contribution in [-0.4, -0.2) is 48.4 Å². The summed E-state index contributed by atoms with van der Waals surface area (Å²) in [6, 6.07) is 5.57. The van der Waals surface area contributed by atoms with Gasteiger partial charge in [-0.25, -0.2) is 18.2 Å². The lowest BCUT2D eigenvalue weighted by Gasteiger charge is -2.18. The van der Waals surface area contributed by atoms with Crippen LogP contribution in [-0.2, 0) is 29.0 Å². The number of rotatable bonds is 8. The van der Waals surface area contributed by atoms with Gasteiger partial charge in [-0.1, -0.05) is 28.6 Å². The van der Waals surface area contributed by atoms with E-state index < -0.39 is 39.1 Å². The molecule has 1 aliphatic rings. The van der Waals surface area contributed by atoms with Crippen LogP contribution in [0.4, 0.5) is 9.52 Å². The molecule has 1 amide bonds. The molecule has 1 aromatic heterocycles. The van der Waals surface area contributed by atoms with Crippen LogP contribution in [0.25, 0.3) is 0 Å². The van der Waals surface area contributed by atoms with Crippen LogP contribution in [0.1, 0.15) is 39.2 Å². The van der Waals surface area contributed by atoms with Gasteiger partial charge in [-0.3, -0.25) is 10.1 Å². The van der Waals surface area contributed by atoms with E-state index >= 15 is 0 Å². The number of hydrogen-bond donors (Lipinski definition) is 1. The summed E-state index contributed by atoms with van der Waals surface area (Å²) in [5.41, 5.74) is -0.736. The van der Waals surface area contributed by atoms with Crippen molar-refractivity contribution >= 4 is 43.9 Å². The molecule has 0 saturated heterocycles. The van der Waals surface area contributed by atoms with Crippen LogP contribution in [0, 0.1) is 5.13 Å². The summed E-state index contributed by atoms with van der Waals surface area (Å²) in [5, 5.41) is 5.18. The van der Waals surface area contributed by atoms with Crippen molar-refractivity contribution in [2.24, 2.45) is 5.16 Å². The van der Waals surface area contributed by atoms with Gasteiger partial charge in [0, 0.05) is 5.56 Å². The Balaban J connectivity index is 1.80. The number of sulfone groups is 1. The Bertz CT molecular complexity index is 1130. The lowest BCUT2D eigenvalue weighted by atomic mass is 10.1. The number of thiazole rings is 1. The van der Waals surface area contributed by atoms with Crippen LogP contribution in [0.5, 0.6) is 0 Å². The molecule has 0 spiro atoms. The minimum Gasteiger partial charge on any atom is -0.457 e. The van der Waals surface area contributed by atoms with E-state index in [-0.39, 0.29) is 26.6 Å². The molecule has 0 atom stereocenters. The topological polar surface area (TPSA) is 124 Å². The summed E-state index contributed by atoms with van der Waals surface area (Å²) < 4.78 is 43.1. The van der Waals surface area contributed by atoms with Gasteiger partial charge in [-0.2, -0.15) is 4.39 Å². The van der Waals surface area contributed by atoms with Crippen LogP contribution >= 0.6 is 11.3 Å². The number of carbonyl (C=O) groups is 2. The first-order chi connectivity index (χ1) is 15.0. The van der Waals surface area contributed by atoms with Gasteiger partial charge >= 0.3 is 5.97 Å². The second-order valence-corrected chi connectivity index (χ2v) is 11.2. The number of oxime groups is 1. The first-order valence-corrected chi connectivity index (χ1v) is 12.0. The van der Waals surface area contributed by atoms with Crippen molar-refractivity contribution in [1.29, 1.82) is 0 Å². The minimum atomic E-state index is -3.40. The highest BCUT2D eigenvalue weighted by Crippen LogP contribution is 2.33. The fraction of sp³-hybridized carbons (Fsp3) is 0.400. The Morgan fingerprint density at radius 3 is 2.44 bits per heavy atom. The van der Waals surface area contributed by atoms with E-state index in [0.29, 0.717) is 24.2 Å². The number of benzene rings is 1. The number of nitrogens with one attached hydrogen (secondary N) is 1. The molecule has 172 valence electrons. The fourth-order valence-corrected chi connectivity index (χ4v) is 4.78. The molecule has 1 aromatic carbocycles. The zero-order valence-corrected chi connectivity index (χ0v) is 19.3. The summed E-state index contributed by atoms with van der Waals surface area (Å²) in [6.45, 7) is 4.53. The Morgan fingerprint density at radius 2 is 1.91 bits per heavy atom. The third kappa shape index (κ3) is 6.33. The van der Waals surface area contributed by atoms with E-state index in [2.05, 4.69) is 15.5 Å². The Kier molecular flexibility index (Phi) is 6.94. The standard InChI is InChI=1S/C20H22FN3O6S2/c1-20(2,3)30-16(25)11-29-24-17(18(26)23-19-22-10-15(21)31-19)12-4-6-13(7-5-12)32(27,28)14-8-9-14/h4-7,10,14H,8-9,11H2,1-3H3,(H,22,23,26)/b24-17+. The molecule has 0 aliphatic heterocycles. The van der Waals surface area contributed by atoms with Crippen LogP contribution in [0.2, 0.25) is 0 Å². The number of hydrogen-bond acceptors (Lipinski definition) is 9. The number of anilines is 1. The van der Waals surface area contributed by atoms with Crippen LogP contribution in [0.15, 0.2) is 40.5 Å². The molecule has 1 fully saturated rings. The summed E-state index contributed by atoms with van der Waals surface area (Å²) in [4.78, 5) is 33.4. The molecule has 2 aromatic rings. The van der Waals surface area contributed by atoms with Crippen molar-refractivity contribution in [2.75, 3.05) is 11.9 Å². The molecule has 1 saturated carbocycles. The van der Waals surface area contributed by atoms with E-state index in [1.165, 1.54) is 24.3 Å². The van der Waals surface area contributed by atoms with Gasteiger partial charge in [0.05, 0.1) is 16.3 Å². The molecule has 9 nitrogen and oxygen atoms in total. The number of carbonyl (C=O) groups excluding carboxylic acids is 2. The first-order valence-electron chi connectivity index (χ1n) is 9.64. The highest BCUT2D eigenvalue weighted by Gasteiger charge is 2.36. The van der Waals surface area contributed by atoms with E-state index in [9.17, 15) is 22.4 Å². The molecule has 3 rings (SSSR count). The fourth-order valence-electron chi connectivity index (χ4n) is 2.59. The third-order valence-electron chi connectivity index (χ3n) is 4.09. The zero-order valence-electron chi connectivity index (χ0n) is 17.6. The van der Waals surface area contributed by atoms with Gasteiger partial charge in [0.15, 0.2) is 25.8 Å². The number of esters is 1. The average molecular weight is 484 g/mol. The summed E-state index contributed by atoms with van der Waals surface area (Å²) in [7, 11) is -3.40. The van der Waals surface area contributed by atoms with Crippen LogP contribution in [0.3, 0.4) is 0 Å². The number of amides is 1. The maximum Gasteiger partial charge on any atom is 0.347 e. The van der Waals surface area contributed by atoms with Crippen LogP contribution < -0.4 is 5.32 Å². The molecule has 1 heterocycles. The second-order valence-electron chi connectivity index (χ2n) is 7.99. The molecule has 0 bridgehead atoms. The Hall–Kier alpha value is -2.86. The Labute approximate surface area is 188 Å². The van der Waals surface area contributed by atoms with Gasteiger partial charge in [-0.05, 0) is 45.7 Å². The zero-order chi connectivity index (χ0) is 23.5. The molecular weight excluding hydrogens is 461 g/mol. The number of ether oxygens (including phenoxy) is 1. The third-order valence-corrected chi connectivity index (χ3v) is 7.07. The lowest BCUT2D eigenvalue weighted by molar-refractivity contribution is -0.160. The van der Waals surface area contributed by atoms with E-state index in [1.54, 1.807) is 20.8 Å². The summed E-state index contributed by atoms with van der Waals surface area (Å²) >= 11 is 0.621. The van der Waals surface area contributed by atoms with Gasteiger partial charge in [0.2, 0.25) is 6.61 Å². The molecule has 0 radical (unpaired) electrons. The molecule has 12 heteroatoms. The van der Waals surface area contributed by atoms with Crippen molar-refractivity contribution in [3.05, 3.63) is 41.2 Å². The van der Waals surface area contributed by atoms with Crippen molar-refractivity contribution in [1.82, 2.24) is 4.98 Å². The van der Waals surface area contributed by atoms with E-state index in [4.69, 9.17) is 9.57 Å². The van der Waals surface area contributed by atoms with Gasteiger partial charge in [0.25, 0.3) is 5.91 Å². The number of halogens is 1. The van der Waals surface area contributed by atoms with E-state index in [1.807, 2.05) is 0 Å². The molecule has 0 unspecified atom stereocenters. The summed E-state index contributed by atoms with van der Waals surface area (Å²) in [6.07, 6.45) is 2.21. The predicted octanol–water partition coefficient (Wildman–Crippen LogP) is 2.92. The van der Waals surface area contributed by atoms with E-state index in [0.717, 1.165) is 6.20 Å².